The van der Waals surface area contributed by atoms with E-state index in [1.807, 2.05) is 20.8 Å². The zero-order chi connectivity index (χ0) is 13.4. The Labute approximate surface area is 107 Å². The van der Waals surface area contributed by atoms with Crippen LogP contribution in [0.4, 0.5) is 5.82 Å². The molecule has 0 radical (unpaired) electrons. The Morgan fingerprint density at radius 3 is 2.89 bits per heavy atom. The zero-order valence-corrected chi connectivity index (χ0v) is 11.1. The highest BCUT2D eigenvalue weighted by Crippen LogP contribution is 2.02. The first-order valence-corrected chi connectivity index (χ1v) is 6.11. The van der Waals surface area contributed by atoms with Crippen molar-refractivity contribution in [3.05, 3.63) is 18.1 Å². The van der Waals surface area contributed by atoms with Gasteiger partial charge < -0.3 is 15.4 Å². The fourth-order valence-corrected chi connectivity index (χ4v) is 1.38. The van der Waals surface area contributed by atoms with Gasteiger partial charge in [0.2, 0.25) is 0 Å². The molecule has 1 atom stereocenters. The number of hydrogen-bond donors (Lipinski definition) is 2. The monoisotopic (exact) mass is 252 g/mol. The Kier molecular flexibility index (Phi) is 6.07. The SMILES string of the molecule is CCNc1cncc(C(=O)NC(C)COCC)n1. The quantitative estimate of drug-likeness (QED) is 0.759. The summed E-state index contributed by atoms with van der Waals surface area (Å²) in [6.45, 7) is 7.62. The molecule has 1 aromatic heterocycles. The van der Waals surface area contributed by atoms with Crippen LogP contribution in [0.2, 0.25) is 0 Å². The Bertz CT molecular complexity index is 384. The highest BCUT2D eigenvalue weighted by molar-refractivity contribution is 5.92. The highest BCUT2D eigenvalue weighted by Gasteiger charge is 2.11. The Morgan fingerprint density at radius 2 is 2.22 bits per heavy atom. The molecule has 0 aliphatic carbocycles. The maximum atomic E-state index is 11.9. The van der Waals surface area contributed by atoms with Crippen LogP contribution in [0, 0.1) is 0 Å². The maximum Gasteiger partial charge on any atom is 0.271 e. The molecule has 0 aliphatic rings. The molecule has 0 saturated heterocycles. The van der Waals surface area contributed by atoms with Crippen molar-refractivity contribution in [2.45, 2.75) is 26.8 Å². The molecule has 0 spiro atoms. The van der Waals surface area contributed by atoms with Crippen molar-refractivity contribution >= 4 is 11.7 Å². The molecule has 0 aromatic carbocycles. The lowest BCUT2D eigenvalue weighted by atomic mass is 10.3. The standard InChI is InChI=1S/C12H20N4O2/c1-4-14-11-7-13-6-10(16-11)12(17)15-9(3)8-18-5-2/h6-7,9H,4-5,8H2,1-3H3,(H,14,16)(H,15,17). The second kappa shape index (κ2) is 7.60. The van der Waals surface area contributed by atoms with Gasteiger partial charge in [-0.25, -0.2) is 4.98 Å². The fraction of sp³-hybridized carbons (Fsp3) is 0.583. The van der Waals surface area contributed by atoms with Gasteiger partial charge in [-0.15, -0.1) is 0 Å². The van der Waals surface area contributed by atoms with Gasteiger partial charge in [0, 0.05) is 19.2 Å². The first-order chi connectivity index (χ1) is 8.67. The predicted octanol–water partition coefficient (Wildman–Crippen LogP) is 1.06. The van der Waals surface area contributed by atoms with Gasteiger partial charge in [-0.1, -0.05) is 0 Å². The highest BCUT2D eigenvalue weighted by atomic mass is 16.5. The van der Waals surface area contributed by atoms with Gasteiger partial charge in [0.15, 0.2) is 0 Å². The number of rotatable bonds is 7. The van der Waals surface area contributed by atoms with E-state index in [4.69, 9.17) is 4.74 Å². The summed E-state index contributed by atoms with van der Waals surface area (Å²) < 4.78 is 5.23. The van der Waals surface area contributed by atoms with E-state index in [1.54, 1.807) is 6.20 Å². The number of aromatic nitrogens is 2. The third kappa shape index (κ3) is 4.67. The van der Waals surface area contributed by atoms with Crippen molar-refractivity contribution in [2.24, 2.45) is 0 Å². The van der Waals surface area contributed by atoms with E-state index in [0.717, 1.165) is 6.54 Å². The Morgan fingerprint density at radius 1 is 1.44 bits per heavy atom. The Balaban J connectivity index is 2.57. The van der Waals surface area contributed by atoms with Gasteiger partial charge in [0.25, 0.3) is 5.91 Å². The molecule has 1 heterocycles. The lowest BCUT2D eigenvalue weighted by Crippen LogP contribution is -2.36. The van der Waals surface area contributed by atoms with Gasteiger partial charge in [-0.2, -0.15) is 0 Å². The average Bonchev–Trinajstić information content (AvgIpc) is 2.37. The molecule has 18 heavy (non-hydrogen) atoms. The molecular formula is C12H20N4O2. The molecule has 0 saturated carbocycles. The third-order valence-corrected chi connectivity index (χ3v) is 2.17. The minimum absolute atomic E-state index is 0.0537. The van der Waals surface area contributed by atoms with Crippen molar-refractivity contribution in [1.82, 2.24) is 15.3 Å². The summed E-state index contributed by atoms with van der Waals surface area (Å²) in [6.07, 6.45) is 3.04. The van der Waals surface area contributed by atoms with Crippen LogP contribution in [0.3, 0.4) is 0 Å². The molecule has 0 aliphatic heterocycles. The van der Waals surface area contributed by atoms with E-state index in [-0.39, 0.29) is 11.9 Å². The number of carbonyl (C=O) groups excluding carboxylic acids is 1. The first kappa shape index (κ1) is 14.4. The average molecular weight is 252 g/mol. The van der Waals surface area contributed by atoms with E-state index in [2.05, 4.69) is 20.6 Å². The summed E-state index contributed by atoms with van der Waals surface area (Å²) >= 11 is 0. The van der Waals surface area contributed by atoms with E-state index < -0.39 is 0 Å². The summed E-state index contributed by atoms with van der Waals surface area (Å²) in [5.74, 6) is 0.358. The largest absolute Gasteiger partial charge is 0.380 e. The summed E-state index contributed by atoms with van der Waals surface area (Å²) in [6, 6.07) is -0.0537. The number of carbonyl (C=O) groups is 1. The van der Waals surface area contributed by atoms with Crippen molar-refractivity contribution in [1.29, 1.82) is 0 Å². The number of anilines is 1. The second-order valence-electron chi connectivity index (χ2n) is 3.85. The lowest BCUT2D eigenvalue weighted by molar-refractivity contribution is 0.0867. The van der Waals surface area contributed by atoms with Gasteiger partial charge in [-0.05, 0) is 20.8 Å². The smallest absolute Gasteiger partial charge is 0.271 e. The van der Waals surface area contributed by atoms with Crippen molar-refractivity contribution in [3.63, 3.8) is 0 Å². The molecule has 1 aromatic rings. The molecule has 1 unspecified atom stereocenters. The Hall–Kier alpha value is -1.69. The molecular weight excluding hydrogens is 232 g/mol. The van der Waals surface area contributed by atoms with Crippen LogP contribution in [0.25, 0.3) is 0 Å². The molecule has 6 nitrogen and oxygen atoms in total. The number of hydrogen-bond acceptors (Lipinski definition) is 5. The van der Waals surface area contributed by atoms with Crippen LogP contribution in [-0.2, 0) is 4.74 Å². The van der Waals surface area contributed by atoms with E-state index in [0.29, 0.717) is 24.7 Å². The molecule has 6 heteroatoms. The second-order valence-corrected chi connectivity index (χ2v) is 3.85. The number of ether oxygens (including phenoxy) is 1. The fourth-order valence-electron chi connectivity index (χ4n) is 1.38. The van der Waals surface area contributed by atoms with Crippen molar-refractivity contribution in [3.8, 4) is 0 Å². The van der Waals surface area contributed by atoms with E-state index >= 15 is 0 Å². The topological polar surface area (TPSA) is 76.1 Å². The summed E-state index contributed by atoms with van der Waals surface area (Å²) in [7, 11) is 0. The van der Waals surface area contributed by atoms with Crippen LogP contribution in [-0.4, -0.2) is 41.7 Å². The van der Waals surface area contributed by atoms with E-state index in [9.17, 15) is 4.79 Å². The first-order valence-electron chi connectivity index (χ1n) is 6.11. The number of amides is 1. The summed E-state index contributed by atoms with van der Waals surface area (Å²) in [5.41, 5.74) is 0.303. The predicted molar refractivity (Wildman–Crippen MR) is 69.6 cm³/mol. The summed E-state index contributed by atoms with van der Waals surface area (Å²) in [5, 5.41) is 5.82. The van der Waals surface area contributed by atoms with Crippen LogP contribution >= 0.6 is 0 Å². The molecule has 0 fully saturated rings. The van der Waals surface area contributed by atoms with Crippen LogP contribution in [0.1, 0.15) is 31.3 Å². The number of nitrogens with one attached hydrogen (secondary N) is 2. The zero-order valence-electron chi connectivity index (χ0n) is 11.1. The van der Waals surface area contributed by atoms with Crippen LogP contribution in [0.5, 0.6) is 0 Å². The van der Waals surface area contributed by atoms with Gasteiger partial charge in [-0.3, -0.25) is 9.78 Å². The van der Waals surface area contributed by atoms with Crippen molar-refractivity contribution in [2.75, 3.05) is 25.1 Å². The van der Waals surface area contributed by atoms with Crippen LogP contribution < -0.4 is 10.6 Å². The van der Waals surface area contributed by atoms with Gasteiger partial charge in [0.05, 0.1) is 19.0 Å². The molecule has 2 N–H and O–H groups in total. The lowest BCUT2D eigenvalue weighted by Gasteiger charge is -2.13. The van der Waals surface area contributed by atoms with Gasteiger partial charge in [0.1, 0.15) is 11.5 Å². The minimum atomic E-state index is -0.241. The maximum absolute atomic E-state index is 11.9. The van der Waals surface area contributed by atoms with Crippen molar-refractivity contribution < 1.29 is 9.53 Å². The molecule has 100 valence electrons. The van der Waals surface area contributed by atoms with Crippen LogP contribution in [0.15, 0.2) is 12.4 Å². The molecule has 1 amide bonds. The van der Waals surface area contributed by atoms with E-state index in [1.165, 1.54) is 6.20 Å². The molecule has 0 bridgehead atoms. The molecule has 1 rings (SSSR count). The number of nitrogens with zero attached hydrogens (tertiary/aromatic N) is 2. The summed E-state index contributed by atoms with van der Waals surface area (Å²) in [4.78, 5) is 20.0. The normalized spacial score (nSPS) is 11.9. The van der Waals surface area contributed by atoms with Gasteiger partial charge >= 0.3 is 0 Å². The third-order valence-electron chi connectivity index (χ3n) is 2.17. The minimum Gasteiger partial charge on any atom is -0.380 e.